The molecule has 1 aliphatic heterocycles. The van der Waals surface area contributed by atoms with Crippen LogP contribution in [0.2, 0.25) is 0 Å². The van der Waals surface area contributed by atoms with Crippen LogP contribution in [0.1, 0.15) is 5.56 Å². The van der Waals surface area contributed by atoms with Gasteiger partial charge in [-0.05, 0) is 17.7 Å². The molecular weight excluding hydrogens is 258 g/mol. The fourth-order valence-corrected chi connectivity index (χ4v) is 2.89. The summed E-state index contributed by atoms with van der Waals surface area (Å²) >= 11 is 1.83. The molecule has 0 saturated carbocycles. The number of carbonyl (C=O) groups excluding carboxylic acids is 1. The number of amides is 1. The Morgan fingerprint density at radius 3 is 2.74 bits per heavy atom. The van der Waals surface area contributed by atoms with Crippen molar-refractivity contribution in [2.75, 3.05) is 37.0 Å². The lowest BCUT2D eigenvalue weighted by Crippen LogP contribution is -2.48. The SMILES string of the molecule is CN(C)c1ccc(CNC(=O)C2CSCCN2)cc1. The average Bonchev–Trinajstić information content (AvgIpc) is 2.46. The van der Waals surface area contributed by atoms with E-state index in [2.05, 4.69) is 39.8 Å². The third-order valence-electron chi connectivity index (χ3n) is 3.16. The van der Waals surface area contributed by atoms with Crippen LogP contribution in [-0.4, -0.2) is 44.1 Å². The predicted octanol–water partition coefficient (Wildman–Crippen LogP) is 1.07. The van der Waals surface area contributed by atoms with Crippen LogP contribution < -0.4 is 15.5 Å². The molecule has 104 valence electrons. The molecule has 1 saturated heterocycles. The molecule has 0 aliphatic carbocycles. The smallest absolute Gasteiger partial charge is 0.238 e. The van der Waals surface area contributed by atoms with Crippen LogP contribution in [0.15, 0.2) is 24.3 Å². The zero-order valence-electron chi connectivity index (χ0n) is 11.5. The highest BCUT2D eigenvalue weighted by molar-refractivity contribution is 7.99. The van der Waals surface area contributed by atoms with Crippen molar-refractivity contribution in [3.05, 3.63) is 29.8 Å². The van der Waals surface area contributed by atoms with E-state index in [1.807, 2.05) is 25.9 Å². The van der Waals surface area contributed by atoms with E-state index in [4.69, 9.17) is 0 Å². The topological polar surface area (TPSA) is 44.4 Å². The number of nitrogens with one attached hydrogen (secondary N) is 2. The fraction of sp³-hybridized carbons (Fsp3) is 0.500. The van der Waals surface area contributed by atoms with Gasteiger partial charge in [-0.25, -0.2) is 0 Å². The zero-order valence-corrected chi connectivity index (χ0v) is 12.3. The first-order valence-electron chi connectivity index (χ1n) is 6.52. The van der Waals surface area contributed by atoms with Crippen LogP contribution in [0, 0.1) is 0 Å². The molecule has 1 aromatic carbocycles. The number of hydrogen-bond donors (Lipinski definition) is 2. The second-order valence-corrected chi connectivity index (χ2v) is 6.01. The van der Waals surface area contributed by atoms with Gasteiger partial charge in [0.25, 0.3) is 0 Å². The Labute approximate surface area is 118 Å². The molecule has 1 atom stereocenters. The summed E-state index contributed by atoms with van der Waals surface area (Å²) in [6.07, 6.45) is 0. The first-order chi connectivity index (χ1) is 9.16. The predicted molar refractivity (Wildman–Crippen MR) is 81.7 cm³/mol. The zero-order chi connectivity index (χ0) is 13.7. The van der Waals surface area contributed by atoms with Crippen LogP contribution in [0.4, 0.5) is 5.69 Å². The molecule has 2 rings (SSSR count). The Hall–Kier alpha value is -1.20. The van der Waals surface area contributed by atoms with E-state index >= 15 is 0 Å². The van der Waals surface area contributed by atoms with Crippen LogP contribution in [-0.2, 0) is 11.3 Å². The van der Waals surface area contributed by atoms with Gasteiger partial charge in [0.05, 0.1) is 6.04 Å². The molecule has 5 heteroatoms. The Bertz CT molecular complexity index is 413. The maximum atomic E-state index is 12.0. The normalized spacial score (nSPS) is 18.9. The Morgan fingerprint density at radius 2 is 2.16 bits per heavy atom. The van der Waals surface area contributed by atoms with Gasteiger partial charge in [0.1, 0.15) is 0 Å². The van der Waals surface area contributed by atoms with Crippen LogP contribution in [0.3, 0.4) is 0 Å². The van der Waals surface area contributed by atoms with Crippen molar-refractivity contribution in [3.63, 3.8) is 0 Å². The summed E-state index contributed by atoms with van der Waals surface area (Å²) in [7, 11) is 4.03. The van der Waals surface area contributed by atoms with Crippen LogP contribution in [0.5, 0.6) is 0 Å². The Morgan fingerprint density at radius 1 is 1.42 bits per heavy atom. The molecule has 19 heavy (non-hydrogen) atoms. The number of benzene rings is 1. The minimum atomic E-state index is -0.0419. The van der Waals surface area contributed by atoms with E-state index in [1.54, 1.807) is 0 Å². The number of hydrogen-bond acceptors (Lipinski definition) is 4. The minimum Gasteiger partial charge on any atom is -0.378 e. The van der Waals surface area contributed by atoms with Gasteiger partial charge in [-0.15, -0.1) is 0 Å². The molecule has 0 aromatic heterocycles. The lowest BCUT2D eigenvalue weighted by molar-refractivity contribution is -0.122. The van der Waals surface area contributed by atoms with Crippen molar-refractivity contribution in [2.45, 2.75) is 12.6 Å². The van der Waals surface area contributed by atoms with Gasteiger partial charge in [-0.1, -0.05) is 12.1 Å². The van der Waals surface area contributed by atoms with Gasteiger partial charge in [-0.2, -0.15) is 11.8 Å². The molecule has 1 aromatic rings. The van der Waals surface area contributed by atoms with Crippen molar-refractivity contribution in [1.82, 2.24) is 10.6 Å². The van der Waals surface area contributed by atoms with Crippen molar-refractivity contribution >= 4 is 23.4 Å². The number of thioether (sulfide) groups is 1. The number of carbonyl (C=O) groups is 1. The second kappa shape index (κ2) is 6.82. The van der Waals surface area contributed by atoms with E-state index in [0.29, 0.717) is 6.54 Å². The molecular formula is C14H21N3OS. The first kappa shape index (κ1) is 14.2. The Balaban J connectivity index is 1.82. The van der Waals surface area contributed by atoms with E-state index in [1.165, 1.54) is 5.69 Å². The molecule has 1 fully saturated rings. The van der Waals surface area contributed by atoms with E-state index in [0.717, 1.165) is 23.6 Å². The van der Waals surface area contributed by atoms with Gasteiger partial charge in [0.15, 0.2) is 0 Å². The van der Waals surface area contributed by atoms with Crippen molar-refractivity contribution in [2.24, 2.45) is 0 Å². The third kappa shape index (κ3) is 4.14. The minimum absolute atomic E-state index is 0.0419. The maximum absolute atomic E-state index is 12.0. The van der Waals surface area contributed by atoms with E-state index < -0.39 is 0 Å². The highest BCUT2D eigenvalue weighted by atomic mass is 32.2. The van der Waals surface area contributed by atoms with Gasteiger partial charge >= 0.3 is 0 Å². The van der Waals surface area contributed by atoms with E-state index in [9.17, 15) is 4.79 Å². The summed E-state index contributed by atoms with van der Waals surface area (Å²) in [5.41, 5.74) is 2.29. The highest BCUT2D eigenvalue weighted by Gasteiger charge is 2.20. The van der Waals surface area contributed by atoms with Crippen LogP contribution in [0.25, 0.3) is 0 Å². The average molecular weight is 279 g/mol. The molecule has 0 radical (unpaired) electrons. The molecule has 1 aliphatic rings. The lowest BCUT2D eigenvalue weighted by Gasteiger charge is -2.22. The summed E-state index contributed by atoms with van der Waals surface area (Å²) in [6.45, 7) is 1.51. The van der Waals surface area contributed by atoms with Crippen molar-refractivity contribution in [3.8, 4) is 0 Å². The molecule has 0 spiro atoms. The second-order valence-electron chi connectivity index (χ2n) is 4.86. The van der Waals surface area contributed by atoms with Gasteiger partial charge < -0.3 is 15.5 Å². The Kier molecular flexibility index (Phi) is 5.10. The quantitative estimate of drug-likeness (QED) is 0.865. The highest BCUT2D eigenvalue weighted by Crippen LogP contribution is 2.12. The molecule has 1 heterocycles. The van der Waals surface area contributed by atoms with Crippen LogP contribution >= 0.6 is 11.8 Å². The lowest BCUT2D eigenvalue weighted by atomic mass is 10.2. The standard InChI is InChI=1S/C14H21N3OS/c1-17(2)12-5-3-11(4-6-12)9-16-14(18)13-10-19-8-7-15-13/h3-6,13,15H,7-10H2,1-2H3,(H,16,18). The first-order valence-corrected chi connectivity index (χ1v) is 7.67. The molecule has 1 amide bonds. The fourth-order valence-electron chi connectivity index (χ4n) is 1.96. The molecule has 0 bridgehead atoms. The number of rotatable bonds is 4. The van der Waals surface area contributed by atoms with Gasteiger partial charge in [-0.3, -0.25) is 4.79 Å². The molecule has 2 N–H and O–H groups in total. The molecule has 1 unspecified atom stereocenters. The third-order valence-corrected chi connectivity index (χ3v) is 4.22. The largest absolute Gasteiger partial charge is 0.378 e. The monoisotopic (exact) mass is 279 g/mol. The van der Waals surface area contributed by atoms with Crippen molar-refractivity contribution in [1.29, 1.82) is 0 Å². The molecule has 4 nitrogen and oxygen atoms in total. The van der Waals surface area contributed by atoms with Crippen molar-refractivity contribution < 1.29 is 4.79 Å². The summed E-state index contributed by atoms with van der Waals surface area (Å²) in [5.74, 6) is 2.06. The van der Waals surface area contributed by atoms with Gasteiger partial charge in [0, 0.05) is 44.4 Å². The maximum Gasteiger partial charge on any atom is 0.238 e. The summed E-state index contributed by atoms with van der Waals surface area (Å²) in [5, 5.41) is 6.23. The van der Waals surface area contributed by atoms with E-state index in [-0.39, 0.29) is 11.9 Å². The summed E-state index contributed by atoms with van der Waals surface area (Å²) < 4.78 is 0. The number of nitrogens with zero attached hydrogens (tertiary/aromatic N) is 1. The summed E-state index contributed by atoms with van der Waals surface area (Å²) in [6, 6.07) is 8.20. The summed E-state index contributed by atoms with van der Waals surface area (Å²) in [4.78, 5) is 14.0. The number of anilines is 1. The van der Waals surface area contributed by atoms with Gasteiger partial charge in [0.2, 0.25) is 5.91 Å².